The van der Waals surface area contributed by atoms with E-state index in [2.05, 4.69) is 10.4 Å². The van der Waals surface area contributed by atoms with E-state index in [9.17, 15) is 14.0 Å². The molecule has 0 aliphatic heterocycles. The first-order valence-electron chi connectivity index (χ1n) is 8.73. The molecule has 146 valence electrons. The van der Waals surface area contributed by atoms with Crippen molar-refractivity contribution in [2.45, 2.75) is 27.7 Å². The Balaban J connectivity index is 1.92. The number of carbonyl (C=O) groups is 2. The maximum absolute atomic E-state index is 14.1. The number of aromatic nitrogens is 2. The average molecular weight is 401 g/mol. The molecule has 2 heterocycles. The van der Waals surface area contributed by atoms with Crippen LogP contribution in [-0.4, -0.2) is 28.3 Å². The summed E-state index contributed by atoms with van der Waals surface area (Å²) in [7, 11) is 0. The Hall–Kier alpha value is -3.00. The van der Waals surface area contributed by atoms with Gasteiger partial charge in [-0.25, -0.2) is 13.9 Å². The van der Waals surface area contributed by atoms with E-state index in [1.807, 2.05) is 13.8 Å². The van der Waals surface area contributed by atoms with Gasteiger partial charge in [0.2, 0.25) is 0 Å². The molecule has 0 radical (unpaired) electrons. The number of thiophene rings is 1. The highest BCUT2D eigenvalue weighted by atomic mass is 32.1. The number of hydrogen-bond acceptors (Lipinski definition) is 5. The van der Waals surface area contributed by atoms with Crippen LogP contribution >= 0.6 is 11.3 Å². The molecule has 3 rings (SSSR count). The van der Waals surface area contributed by atoms with Crippen molar-refractivity contribution in [3.63, 3.8) is 0 Å². The minimum Gasteiger partial charge on any atom is -0.462 e. The van der Waals surface area contributed by atoms with Crippen molar-refractivity contribution >= 4 is 28.2 Å². The van der Waals surface area contributed by atoms with Crippen LogP contribution < -0.4 is 5.32 Å². The molecule has 0 aliphatic carbocycles. The molecule has 6 nitrogen and oxygen atoms in total. The van der Waals surface area contributed by atoms with E-state index in [0.29, 0.717) is 21.8 Å². The molecule has 1 aromatic carbocycles. The number of ether oxygens (including phenoxy) is 1. The summed E-state index contributed by atoms with van der Waals surface area (Å²) in [5.41, 5.74) is 2.18. The van der Waals surface area contributed by atoms with Gasteiger partial charge in [0.15, 0.2) is 0 Å². The van der Waals surface area contributed by atoms with Gasteiger partial charge in [-0.2, -0.15) is 5.10 Å². The molecule has 0 spiro atoms. The van der Waals surface area contributed by atoms with Crippen LogP contribution in [0.5, 0.6) is 0 Å². The van der Waals surface area contributed by atoms with Gasteiger partial charge < -0.3 is 10.1 Å². The van der Waals surface area contributed by atoms with E-state index in [-0.39, 0.29) is 12.3 Å². The summed E-state index contributed by atoms with van der Waals surface area (Å²) in [6.07, 6.45) is 1.38. The van der Waals surface area contributed by atoms with E-state index < -0.39 is 17.7 Å². The lowest BCUT2D eigenvalue weighted by molar-refractivity contribution is 0.0527. The first kappa shape index (κ1) is 19.8. The number of anilines is 1. The number of rotatable bonds is 5. The second-order valence-corrected chi connectivity index (χ2v) is 7.39. The van der Waals surface area contributed by atoms with Crippen molar-refractivity contribution < 1.29 is 18.7 Å². The molecule has 0 saturated heterocycles. The molecule has 8 heteroatoms. The zero-order chi connectivity index (χ0) is 20.4. The predicted molar refractivity (Wildman–Crippen MR) is 106 cm³/mol. The third-order valence-corrected chi connectivity index (χ3v) is 5.55. The third kappa shape index (κ3) is 3.55. The average Bonchev–Trinajstić information content (AvgIpc) is 3.16. The van der Waals surface area contributed by atoms with Gasteiger partial charge in [-0.05, 0) is 45.4 Å². The highest BCUT2D eigenvalue weighted by Gasteiger charge is 2.24. The monoisotopic (exact) mass is 401 g/mol. The fourth-order valence-electron chi connectivity index (χ4n) is 2.83. The Kier molecular flexibility index (Phi) is 5.60. The highest BCUT2D eigenvalue weighted by Crippen LogP contribution is 2.33. The summed E-state index contributed by atoms with van der Waals surface area (Å²) in [6.45, 7) is 7.35. The quantitative estimate of drug-likeness (QED) is 0.642. The first-order valence-corrected chi connectivity index (χ1v) is 9.54. The molecule has 0 atom stereocenters. The van der Waals surface area contributed by atoms with Crippen LogP contribution in [0.1, 0.15) is 43.8 Å². The van der Waals surface area contributed by atoms with Crippen LogP contribution in [0.3, 0.4) is 0 Å². The zero-order valence-corrected chi connectivity index (χ0v) is 16.8. The number of carbonyl (C=O) groups excluding carboxylic acids is 2. The lowest BCUT2D eigenvalue weighted by atomic mass is 10.1. The van der Waals surface area contributed by atoms with Crippen LogP contribution in [0, 0.1) is 26.6 Å². The Morgan fingerprint density at radius 3 is 2.64 bits per heavy atom. The molecule has 0 saturated carbocycles. The summed E-state index contributed by atoms with van der Waals surface area (Å²) in [5, 5.41) is 7.35. The second kappa shape index (κ2) is 7.93. The Morgan fingerprint density at radius 1 is 1.25 bits per heavy atom. The van der Waals surface area contributed by atoms with Crippen LogP contribution in [0.2, 0.25) is 0 Å². The summed E-state index contributed by atoms with van der Waals surface area (Å²) >= 11 is 1.31. The van der Waals surface area contributed by atoms with Crippen molar-refractivity contribution in [3.05, 3.63) is 63.5 Å². The lowest BCUT2D eigenvalue weighted by Gasteiger charge is -2.08. The summed E-state index contributed by atoms with van der Waals surface area (Å²) in [5.74, 6) is -1.33. The van der Waals surface area contributed by atoms with E-state index >= 15 is 0 Å². The molecule has 0 bridgehead atoms. The van der Waals surface area contributed by atoms with Crippen molar-refractivity contribution in [1.82, 2.24) is 9.78 Å². The number of esters is 1. The number of para-hydroxylation sites is 1. The maximum Gasteiger partial charge on any atom is 0.341 e. The van der Waals surface area contributed by atoms with Crippen LogP contribution in [0.4, 0.5) is 9.39 Å². The smallest absolute Gasteiger partial charge is 0.341 e. The Bertz CT molecular complexity index is 1060. The lowest BCUT2D eigenvalue weighted by Crippen LogP contribution is -2.15. The van der Waals surface area contributed by atoms with Gasteiger partial charge in [-0.1, -0.05) is 12.1 Å². The standard InChI is InChI=1S/C20H20FN3O3S/c1-5-27-20(26)17-11(2)13(4)28-19(17)23-18(25)14-10-22-24(12(14)3)16-9-7-6-8-15(16)21/h6-10H,5H2,1-4H3,(H,23,25). The van der Waals surface area contributed by atoms with Gasteiger partial charge in [0.25, 0.3) is 5.91 Å². The van der Waals surface area contributed by atoms with E-state index in [1.54, 1.807) is 32.0 Å². The van der Waals surface area contributed by atoms with Gasteiger partial charge in [0.05, 0.1) is 29.6 Å². The molecule has 1 N–H and O–H groups in total. The molecule has 0 unspecified atom stereocenters. The largest absolute Gasteiger partial charge is 0.462 e. The number of hydrogen-bond donors (Lipinski definition) is 1. The number of benzene rings is 1. The van der Waals surface area contributed by atoms with Gasteiger partial charge in [0.1, 0.15) is 16.5 Å². The maximum atomic E-state index is 14.1. The molecule has 0 aliphatic rings. The fraction of sp³-hybridized carbons (Fsp3) is 0.250. The minimum absolute atomic E-state index is 0.245. The molecular weight excluding hydrogens is 381 g/mol. The summed E-state index contributed by atoms with van der Waals surface area (Å²) in [6, 6.07) is 6.20. The van der Waals surface area contributed by atoms with Gasteiger partial charge >= 0.3 is 5.97 Å². The number of nitrogens with zero attached hydrogens (tertiary/aromatic N) is 2. The molecular formula is C20H20FN3O3S. The molecule has 1 amide bonds. The molecule has 2 aromatic heterocycles. The number of nitrogens with one attached hydrogen (secondary N) is 1. The highest BCUT2D eigenvalue weighted by molar-refractivity contribution is 7.16. The predicted octanol–water partition coefficient (Wildman–Crippen LogP) is 4.43. The fourth-order valence-corrected chi connectivity index (χ4v) is 3.88. The minimum atomic E-state index is -0.474. The molecule has 3 aromatic rings. The zero-order valence-electron chi connectivity index (χ0n) is 16.0. The second-order valence-electron chi connectivity index (χ2n) is 6.17. The number of halogens is 1. The Morgan fingerprint density at radius 2 is 1.96 bits per heavy atom. The summed E-state index contributed by atoms with van der Waals surface area (Å²) in [4.78, 5) is 26.0. The van der Waals surface area contributed by atoms with Crippen molar-refractivity contribution in [2.24, 2.45) is 0 Å². The first-order chi connectivity index (χ1) is 13.3. The SMILES string of the molecule is CCOC(=O)c1c(NC(=O)c2cnn(-c3ccccc3F)c2C)sc(C)c1C. The third-order valence-electron chi connectivity index (χ3n) is 4.43. The van der Waals surface area contributed by atoms with E-state index in [1.165, 1.54) is 28.3 Å². The van der Waals surface area contributed by atoms with Crippen LogP contribution in [0.15, 0.2) is 30.5 Å². The van der Waals surface area contributed by atoms with Crippen molar-refractivity contribution in [1.29, 1.82) is 0 Å². The van der Waals surface area contributed by atoms with Gasteiger partial charge in [-0.15, -0.1) is 11.3 Å². The van der Waals surface area contributed by atoms with Gasteiger partial charge in [0, 0.05) is 4.88 Å². The Labute approximate surface area is 165 Å². The van der Waals surface area contributed by atoms with E-state index in [4.69, 9.17) is 4.74 Å². The normalized spacial score (nSPS) is 10.8. The number of aryl methyl sites for hydroxylation is 1. The van der Waals surface area contributed by atoms with Crippen LogP contribution in [-0.2, 0) is 4.74 Å². The van der Waals surface area contributed by atoms with Crippen molar-refractivity contribution in [2.75, 3.05) is 11.9 Å². The summed E-state index contributed by atoms with van der Waals surface area (Å²) < 4.78 is 20.5. The van der Waals surface area contributed by atoms with Crippen molar-refractivity contribution in [3.8, 4) is 5.69 Å². The van der Waals surface area contributed by atoms with Gasteiger partial charge in [-0.3, -0.25) is 4.79 Å². The molecule has 0 fully saturated rings. The number of amides is 1. The van der Waals surface area contributed by atoms with E-state index in [0.717, 1.165) is 10.4 Å². The molecule has 28 heavy (non-hydrogen) atoms. The van der Waals surface area contributed by atoms with Crippen LogP contribution in [0.25, 0.3) is 5.69 Å². The topological polar surface area (TPSA) is 73.2 Å².